The van der Waals surface area contributed by atoms with E-state index in [1.165, 1.54) is 4.90 Å². The number of carbonyl (C=O) groups excluding carboxylic acids is 3. The molecule has 2 aromatic rings. The maximum absolute atomic E-state index is 13.6. The van der Waals surface area contributed by atoms with Gasteiger partial charge in [0, 0.05) is 43.0 Å². The molecule has 2 aliphatic heterocycles. The zero-order valence-electron chi connectivity index (χ0n) is 23.4. The van der Waals surface area contributed by atoms with E-state index in [4.69, 9.17) is 14.2 Å². The van der Waals surface area contributed by atoms with E-state index in [-0.39, 0.29) is 49.4 Å². The topological polar surface area (TPSA) is 142 Å². The molecule has 216 valence electrons. The number of aliphatic hydroxyl groups excluding tert-OH is 1. The van der Waals surface area contributed by atoms with Crippen LogP contribution < -0.4 is 30.2 Å². The van der Waals surface area contributed by atoms with E-state index in [0.29, 0.717) is 35.2 Å². The molecule has 3 atom stereocenters. The monoisotopic (exact) mass is 555 g/mol. The summed E-state index contributed by atoms with van der Waals surface area (Å²) < 4.78 is 17.0. The Kier molecular flexibility index (Phi) is 8.88. The van der Waals surface area contributed by atoms with Crippen molar-refractivity contribution in [3.8, 4) is 17.2 Å². The van der Waals surface area contributed by atoms with Crippen LogP contribution in [-0.2, 0) is 0 Å². The van der Waals surface area contributed by atoms with Crippen LogP contribution in [0.2, 0.25) is 0 Å². The molecule has 0 aliphatic carbocycles. The molecule has 0 fully saturated rings. The molecular formula is C28H37N5O7. The minimum atomic E-state index is -0.476. The average Bonchev–Trinajstić information content (AvgIpc) is 3.38. The second-order valence-corrected chi connectivity index (χ2v) is 10.5. The minimum Gasteiger partial charge on any atom is -0.487 e. The summed E-state index contributed by atoms with van der Waals surface area (Å²) in [7, 11) is 1.66. The third-order valence-corrected chi connectivity index (χ3v) is 6.77. The summed E-state index contributed by atoms with van der Waals surface area (Å²) in [5, 5.41) is 18.2. The van der Waals surface area contributed by atoms with Gasteiger partial charge in [0.1, 0.15) is 11.9 Å². The third kappa shape index (κ3) is 6.68. The lowest BCUT2D eigenvalue weighted by Crippen LogP contribution is -2.50. The SMILES string of the molecule is CC(C)NC(=O)Nc1ccc2c(c1)C(=O)N([C@@H](C)CO)C[C@@H](C)[C@@H](CN(C)C(=O)Nc1ccc3c(c1)OCO3)O2. The third-order valence-electron chi connectivity index (χ3n) is 6.77. The van der Waals surface area contributed by atoms with Crippen molar-refractivity contribution < 1.29 is 33.7 Å². The molecule has 12 heteroatoms. The maximum Gasteiger partial charge on any atom is 0.321 e. The molecular weight excluding hydrogens is 518 g/mol. The molecule has 0 unspecified atom stereocenters. The van der Waals surface area contributed by atoms with Crippen LogP contribution in [0, 0.1) is 5.92 Å². The van der Waals surface area contributed by atoms with E-state index < -0.39 is 18.2 Å². The Bertz CT molecular complexity index is 1250. The lowest BCUT2D eigenvalue weighted by Gasteiger charge is -2.38. The zero-order valence-corrected chi connectivity index (χ0v) is 23.4. The highest BCUT2D eigenvalue weighted by Gasteiger charge is 2.34. The number of anilines is 2. The molecule has 5 amide bonds. The van der Waals surface area contributed by atoms with Crippen molar-refractivity contribution in [1.82, 2.24) is 15.1 Å². The van der Waals surface area contributed by atoms with Gasteiger partial charge in [0.25, 0.3) is 5.91 Å². The van der Waals surface area contributed by atoms with Gasteiger partial charge >= 0.3 is 12.1 Å². The number of fused-ring (bicyclic) bond motifs is 2. The van der Waals surface area contributed by atoms with Crippen LogP contribution >= 0.6 is 0 Å². The lowest BCUT2D eigenvalue weighted by atomic mass is 9.99. The van der Waals surface area contributed by atoms with Crippen molar-refractivity contribution in [2.24, 2.45) is 5.92 Å². The van der Waals surface area contributed by atoms with Crippen LogP contribution in [0.4, 0.5) is 21.0 Å². The molecule has 0 saturated carbocycles. The van der Waals surface area contributed by atoms with Crippen LogP contribution in [0.5, 0.6) is 17.2 Å². The van der Waals surface area contributed by atoms with Gasteiger partial charge in [0.15, 0.2) is 11.5 Å². The molecule has 4 rings (SSSR count). The van der Waals surface area contributed by atoms with Gasteiger partial charge in [0.2, 0.25) is 6.79 Å². The molecule has 0 saturated heterocycles. The van der Waals surface area contributed by atoms with E-state index >= 15 is 0 Å². The largest absolute Gasteiger partial charge is 0.487 e. The normalized spacial score (nSPS) is 18.7. The van der Waals surface area contributed by atoms with Gasteiger partial charge in [-0.05, 0) is 51.1 Å². The maximum atomic E-state index is 13.6. The predicted octanol–water partition coefficient (Wildman–Crippen LogP) is 3.33. The molecule has 2 heterocycles. The number of amides is 5. The van der Waals surface area contributed by atoms with Gasteiger partial charge in [-0.1, -0.05) is 6.92 Å². The van der Waals surface area contributed by atoms with Crippen LogP contribution in [-0.4, -0.2) is 84.6 Å². The second kappa shape index (κ2) is 12.3. The van der Waals surface area contributed by atoms with Crippen molar-refractivity contribution in [3.63, 3.8) is 0 Å². The first kappa shape index (κ1) is 28.8. The number of hydrogen-bond acceptors (Lipinski definition) is 7. The fourth-order valence-corrected chi connectivity index (χ4v) is 4.49. The molecule has 0 spiro atoms. The van der Waals surface area contributed by atoms with Crippen LogP contribution in [0.3, 0.4) is 0 Å². The van der Waals surface area contributed by atoms with Gasteiger partial charge in [-0.15, -0.1) is 0 Å². The Morgan fingerprint density at radius 3 is 2.42 bits per heavy atom. The van der Waals surface area contributed by atoms with Crippen LogP contribution in [0.1, 0.15) is 38.1 Å². The highest BCUT2D eigenvalue weighted by Crippen LogP contribution is 2.34. The second-order valence-electron chi connectivity index (χ2n) is 10.5. The van der Waals surface area contributed by atoms with Crippen molar-refractivity contribution in [2.75, 3.05) is 44.2 Å². The van der Waals surface area contributed by atoms with Crippen molar-refractivity contribution in [2.45, 2.75) is 45.9 Å². The minimum absolute atomic E-state index is 0.0586. The number of likely N-dealkylation sites (N-methyl/N-ethyl adjacent to an activating group) is 1. The molecule has 0 radical (unpaired) electrons. The van der Waals surface area contributed by atoms with Gasteiger partial charge in [-0.3, -0.25) is 4.79 Å². The summed E-state index contributed by atoms with van der Waals surface area (Å²) in [6.07, 6.45) is -0.476. The summed E-state index contributed by atoms with van der Waals surface area (Å²) in [6, 6.07) is 8.79. The standard InChI is InChI=1S/C28H37N5O7/c1-16(2)29-27(36)30-19-6-8-22-21(10-19)26(35)33(18(4)14-34)12-17(3)25(40-22)13-32(5)28(37)31-20-7-9-23-24(11-20)39-15-38-23/h6-11,16-18,25,34H,12-15H2,1-5H3,(H,31,37)(H2,29,30,36)/t17-,18+,25-/m1/s1. The Hall–Kier alpha value is -4.19. The van der Waals surface area contributed by atoms with Crippen molar-refractivity contribution >= 4 is 29.3 Å². The van der Waals surface area contributed by atoms with Crippen LogP contribution in [0.15, 0.2) is 36.4 Å². The summed E-state index contributed by atoms with van der Waals surface area (Å²) in [6.45, 7) is 7.85. The first-order valence-electron chi connectivity index (χ1n) is 13.3. The average molecular weight is 556 g/mol. The fraction of sp³-hybridized carbons (Fsp3) is 0.464. The number of ether oxygens (including phenoxy) is 3. The molecule has 4 N–H and O–H groups in total. The van der Waals surface area contributed by atoms with Gasteiger partial charge in [0.05, 0.1) is 24.8 Å². The summed E-state index contributed by atoms with van der Waals surface area (Å²) in [5.41, 5.74) is 1.25. The molecule has 2 aliphatic rings. The zero-order chi connectivity index (χ0) is 29.0. The number of rotatable bonds is 7. The Morgan fingerprint density at radius 1 is 1.05 bits per heavy atom. The van der Waals surface area contributed by atoms with E-state index in [1.807, 2.05) is 20.8 Å². The lowest BCUT2D eigenvalue weighted by molar-refractivity contribution is 0.0371. The number of benzene rings is 2. The number of urea groups is 2. The summed E-state index contributed by atoms with van der Waals surface area (Å²) in [5.74, 6) is 1.02. The predicted molar refractivity (Wildman–Crippen MR) is 149 cm³/mol. The smallest absolute Gasteiger partial charge is 0.321 e. The van der Waals surface area contributed by atoms with Crippen molar-refractivity contribution in [1.29, 1.82) is 0 Å². The number of aliphatic hydroxyl groups is 1. The fourth-order valence-electron chi connectivity index (χ4n) is 4.49. The van der Waals surface area contributed by atoms with Gasteiger partial charge in [-0.25, -0.2) is 9.59 Å². The van der Waals surface area contributed by atoms with Crippen LogP contribution in [0.25, 0.3) is 0 Å². The molecule has 12 nitrogen and oxygen atoms in total. The number of carbonyl (C=O) groups is 3. The summed E-state index contributed by atoms with van der Waals surface area (Å²) in [4.78, 5) is 42.0. The highest BCUT2D eigenvalue weighted by atomic mass is 16.7. The first-order valence-corrected chi connectivity index (χ1v) is 13.3. The van der Waals surface area contributed by atoms with Gasteiger partial charge in [-0.2, -0.15) is 0 Å². The van der Waals surface area contributed by atoms with Gasteiger partial charge < -0.3 is 45.1 Å². The molecule has 40 heavy (non-hydrogen) atoms. The Labute approximate surface area is 233 Å². The Balaban J connectivity index is 1.54. The molecule has 0 bridgehead atoms. The first-order chi connectivity index (χ1) is 19.0. The van der Waals surface area contributed by atoms with E-state index in [1.54, 1.807) is 55.3 Å². The highest BCUT2D eigenvalue weighted by molar-refractivity contribution is 5.99. The van der Waals surface area contributed by atoms with Crippen molar-refractivity contribution in [3.05, 3.63) is 42.0 Å². The summed E-state index contributed by atoms with van der Waals surface area (Å²) >= 11 is 0. The van der Waals surface area contributed by atoms with E-state index in [0.717, 1.165) is 0 Å². The molecule has 0 aromatic heterocycles. The van der Waals surface area contributed by atoms with E-state index in [2.05, 4.69) is 16.0 Å². The number of nitrogens with zero attached hydrogens (tertiary/aromatic N) is 2. The molecule has 2 aromatic carbocycles. The number of nitrogens with one attached hydrogen (secondary N) is 3. The Morgan fingerprint density at radius 2 is 1.73 bits per heavy atom. The quantitative estimate of drug-likeness (QED) is 0.411. The van der Waals surface area contributed by atoms with E-state index in [9.17, 15) is 19.5 Å². The number of hydrogen-bond donors (Lipinski definition) is 4.